The molecule has 0 amide bonds. The number of hydrogen-bond acceptors (Lipinski definition) is 3. The Labute approximate surface area is 171 Å². The number of aliphatic carboxylic acids is 1. The fourth-order valence-electron chi connectivity index (χ4n) is 2.96. The maximum atomic E-state index is 11.4. The van der Waals surface area contributed by atoms with E-state index in [1.54, 1.807) is 6.92 Å². The summed E-state index contributed by atoms with van der Waals surface area (Å²) in [7, 11) is 0. The fraction of sp³-hybridized carbons (Fsp3) is 0.160. The zero-order chi connectivity index (χ0) is 20.5. The van der Waals surface area contributed by atoms with E-state index in [-0.39, 0.29) is 5.76 Å². The SMILES string of the molecule is CCO/C(=C\c1ccc(Cc2ccccc2)c(OCc2ccccc2)c1)C(=O)O. The van der Waals surface area contributed by atoms with E-state index < -0.39 is 5.97 Å². The van der Waals surface area contributed by atoms with Crippen molar-refractivity contribution < 1.29 is 19.4 Å². The molecule has 0 aliphatic carbocycles. The van der Waals surface area contributed by atoms with Gasteiger partial charge in [0.15, 0.2) is 0 Å². The van der Waals surface area contributed by atoms with E-state index >= 15 is 0 Å². The Morgan fingerprint density at radius 3 is 2.21 bits per heavy atom. The highest BCUT2D eigenvalue weighted by molar-refractivity contribution is 5.89. The molecule has 0 atom stereocenters. The maximum Gasteiger partial charge on any atom is 0.371 e. The molecule has 0 radical (unpaired) electrons. The van der Waals surface area contributed by atoms with Gasteiger partial charge in [-0.15, -0.1) is 0 Å². The normalized spacial score (nSPS) is 11.1. The van der Waals surface area contributed by atoms with Crippen LogP contribution in [0.15, 0.2) is 84.6 Å². The largest absolute Gasteiger partial charge is 0.489 e. The van der Waals surface area contributed by atoms with Crippen molar-refractivity contribution in [1.29, 1.82) is 0 Å². The van der Waals surface area contributed by atoms with Crippen molar-refractivity contribution in [2.24, 2.45) is 0 Å². The molecule has 29 heavy (non-hydrogen) atoms. The van der Waals surface area contributed by atoms with Crippen molar-refractivity contribution in [2.45, 2.75) is 20.0 Å². The number of benzene rings is 3. The molecule has 3 aromatic carbocycles. The second-order valence-corrected chi connectivity index (χ2v) is 6.55. The molecule has 3 aromatic rings. The number of carbonyl (C=O) groups is 1. The average molecular weight is 388 g/mol. The van der Waals surface area contributed by atoms with Crippen molar-refractivity contribution in [3.05, 3.63) is 107 Å². The summed E-state index contributed by atoms with van der Waals surface area (Å²) in [6, 6.07) is 25.8. The molecule has 0 heterocycles. The van der Waals surface area contributed by atoms with Gasteiger partial charge in [-0.05, 0) is 41.3 Å². The first-order chi connectivity index (χ1) is 14.2. The predicted molar refractivity (Wildman–Crippen MR) is 114 cm³/mol. The molecule has 1 N–H and O–H groups in total. The van der Waals surface area contributed by atoms with E-state index in [1.807, 2.05) is 66.7 Å². The van der Waals surface area contributed by atoms with Crippen molar-refractivity contribution in [1.82, 2.24) is 0 Å². The van der Waals surface area contributed by atoms with Gasteiger partial charge in [-0.3, -0.25) is 0 Å². The molecule has 3 rings (SSSR count). The Kier molecular flexibility index (Phi) is 7.06. The highest BCUT2D eigenvalue weighted by Crippen LogP contribution is 2.26. The van der Waals surface area contributed by atoms with Crippen molar-refractivity contribution in [3.8, 4) is 5.75 Å². The summed E-state index contributed by atoms with van der Waals surface area (Å²) < 4.78 is 11.3. The van der Waals surface area contributed by atoms with Crippen LogP contribution in [0.3, 0.4) is 0 Å². The smallest absolute Gasteiger partial charge is 0.371 e. The van der Waals surface area contributed by atoms with E-state index in [0.29, 0.717) is 13.2 Å². The summed E-state index contributed by atoms with van der Waals surface area (Å²) in [5.74, 6) is -0.447. The van der Waals surface area contributed by atoms with Gasteiger partial charge in [-0.1, -0.05) is 72.8 Å². The second-order valence-electron chi connectivity index (χ2n) is 6.55. The Balaban J connectivity index is 1.90. The zero-order valence-corrected chi connectivity index (χ0v) is 16.4. The van der Waals surface area contributed by atoms with Crippen LogP contribution in [-0.4, -0.2) is 17.7 Å². The Bertz CT molecular complexity index is 963. The summed E-state index contributed by atoms with van der Waals surface area (Å²) in [6.45, 7) is 2.49. The fourth-order valence-corrected chi connectivity index (χ4v) is 2.96. The lowest BCUT2D eigenvalue weighted by molar-refractivity contribution is -0.136. The van der Waals surface area contributed by atoms with E-state index in [2.05, 4.69) is 12.1 Å². The van der Waals surface area contributed by atoms with Crippen LogP contribution in [0.5, 0.6) is 5.75 Å². The molecule has 0 saturated heterocycles. The Hall–Kier alpha value is -3.53. The lowest BCUT2D eigenvalue weighted by Crippen LogP contribution is -2.05. The van der Waals surface area contributed by atoms with Crippen LogP contribution in [0.1, 0.15) is 29.2 Å². The van der Waals surface area contributed by atoms with Gasteiger partial charge in [0.05, 0.1) is 6.61 Å². The summed E-state index contributed by atoms with van der Waals surface area (Å²) in [5.41, 5.74) is 4.01. The first-order valence-electron chi connectivity index (χ1n) is 9.57. The van der Waals surface area contributed by atoms with E-state index in [4.69, 9.17) is 9.47 Å². The number of carboxylic acids is 1. The van der Waals surface area contributed by atoms with Crippen LogP contribution >= 0.6 is 0 Å². The minimum Gasteiger partial charge on any atom is -0.489 e. The molecule has 0 aliphatic heterocycles. The third kappa shape index (κ3) is 5.98. The molecule has 0 bridgehead atoms. The zero-order valence-electron chi connectivity index (χ0n) is 16.4. The molecule has 0 aliphatic rings. The molecule has 0 aromatic heterocycles. The van der Waals surface area contributed by atoms with Crippen molar-refractivity contribution in [2.75, 3.05) is 6.61 Å². The number of carboxylic acid groups (broad SMARTS) is 1. The van der Waals surface area contributed by atoms with Crippen molar-refractivity contribution >= 4 is 12.0 Å². The summed E-state index contributed by atoms with van der Waals surface area (Å²) >= 11 is 0. The average Bonchev–Trinajstić information content (AvgIpc) is 2.75. The van der Waals surface area contributed by atoms with Crippen LogP contribution < -0.4 is 4.74 Å². The first kappa shape index (κ1) is 20.2. The second kappa shape index (κ2) is 10.1. The van der Waals surface area contributed by atoms with Crippen LogP contribution in [0.4, 0.5) is 0 Å². The standard InChI is InChI=1S/C25H24O4/c1-2-28-24(25(26)27)17-21-13-14-22(15-19-9-5-3-6-10-19)23(16-21)29-18-20-11-7-4-8-12-20/h3-14,16-17H,2,15,18H2,1H3,(H,26,27)/b24-17-. The number of hydrogen-bond donors (Lipinski definition) is 1. The summed E-state index contributed by atoms with van der Waals surface area (Å²) in [4.78, 5) is 11.4. The van der Waals surface area contributed by atoms with Gasteiger partial charge in [-0.2, -0.15) is 0 Å². The Morgan fingerprint density at radius 1 is 0.931 bits per heavy atom. The van der Waals surface area contributed by atoms with Crippen molar-refractivity contribution in [3.63, 3.8) is 0 Å². The van der Waals surface area contributed by atoms with Gasteiger partial charge in [0.25, 0.3) is 0 Å². The topological polar surface area (TPSA) is 55.8 Å². The van der Waals surface area contributed by atoms with Gasteiger partial charge in [-0.25, -0.2) is 4.79 Å². The van der Waals surface area contributed by atoms with Crippen LogP contribution in [-0.2, 0) is 22.6 Å². The highest BCUT2D eigenvalue weighted by atomic mass is 16.5. The van der Waals surface area contributed by atoms with Gasteiger partial charge in [0.2, 0.25) is 5.76 Å². The Morgan fingerprint density at radius 2 is 1.59 bits per heavy atom. The van der Waals surface area contributed by atoms with Crippen LogP contribution in [0.2, 0.25) is 0 Å². The highest BCUT2D eigenvalue weighted by Gasteiger charge is 2.11. The minimum absolute atomic E-state index is 0.0858. The molecule has 0 spiro atoms. The molecular formula is C25H24O4. The molecule has 148 valence electrons. The van der Waals surface area contributed by atoms with Gasteiger partial charge < -0.3 is 14.6 Å². The summed E-state index contributed by atoms with van der Waals surface area (Å²) in [5, 5.41) is 9.31. The third-order valence-electron chi connectivity index (χ3n) is 4.37. The van der Waals surface area contributed by atoms with E-state index in [1.165, 1.54) is 11.6 Å². The number of rotatable bonds is 9. The monoisotopic (exact) mass is 388 g/mol. The predicted octanol–water partition coefficient (Wildman–Crippen LogP) is 5.32. The quantitative estimate of drug-likeness (QED) is 0.398. The van der Waals surface area contributed by atoms with Crippen LogP contribution in [0, 0.1) is 0 Å². The van der Waals surface area contributed by atoms with E-state index in [9.17, 15) is 9.90 Å². The molecule has 0 fully saturated rings. The lowest BCUT2D eigenvalue weighted by Gasteiger charge is -2.13. The molecule has 0 saturated carbocycles. The summed E-state index contributed by atoms with van der Waals surface area (Å²) in [6.07, 6.45) is 2.25. The van der Waals surface area contributed by atoms with Crippen LogP contribution in [0.25, 0.3) is 6.08 Å². The third-order valence-corrected chi connectivity index (χ3v) is 4.37. The molecule has 4 nitrogen and oxygen atoms in total. The molecule has 4 heteroatoms. The van der Waals surface area contributed by atoms with Gasteiger partial charge in [0.1, 0.15) is 12.4 Å². The minimum atomic E-state index is -1.09. The molecule has 0 unspecified atom stereocenters. The molecular weight excluding hydrogens is 364 g/mol. The maximum absolute atomic E-state index is 11.4. The first-order valence-corrected chi connectivity index (χ1v) is 9.57. The lowest BCUT2D eigenvalue weighted by atomic mass is 10.0. The number of ether oxygens (including phenoxy) is 2. The van der Waals surface area contributed by atoms with E-state index in [0.717, 1.165) is 28.9 Å². The van der Waals surface area contributed by atoms with Gasteiger partial charge >= 0.3 is 5.97 Å². The van der Waals surface area contributed by atoms with Gasteiger partial charge in [0, 0.05) is 6.42 Å².